The molecule has 2 rings (SSSR count). The second-order valence-electron chi connectivity index (χ2n) is 5.24. The summed E-state index contributed by atoms with van der Waals surface area (Å²) in [4.78, 5) is 4.71. The smallest absolute Gasteiger partial charge is 0.0401 e. The summed E-state index contributed by atoms with van der Waals surface area (Å²) in [5.74, 6) is 0. The van der Waals surface area contributed by atoms with Crippen LogP contribution in [0.15, 0.2) is 36.4 Å². The third kappa shape index (κ3) is 3.61. The van der Waals surface area contributed by atoms with Gasteiger partial charge in [0, 0.05) is 25.3 Å². The van der Waals surface area contributed by atoms with Crippen molar-refractivity contribution in [3.8, 4) is 0 Å². The lowest BCUT2D eigenvalue weighted by molar-refractivity contribution is 0.417. The van der Waals surface area contributed by atoms with E-state index in [0.717, 1.165) is 19.5 Å². The molecule has 0 radical (unpaired) electrons. The van der Waals surface area contributed by atoms with Crippen LogP contribution in [-0.4, -0.2) is 38.6 Å². The molecule has 0 aliphatic carbocycles. The summed E-state index contributed by atoms with van der Waals surface area (Å²) in [6.45, 7) is 3.37. The first-order chi connectivity index (χ1) is 8.77. The molecule has 98 valence electrons. The molecule has 0 atom stereocenters. The second-order valence-corrected chi connectivity index (χ2v) is 5.24. The summed E-state index contributed by atoms with van der Waals surface area (Å²) in [5.41, 5.74) is 2.94. The number of hydrogen-bond donors (Lipinski definition) is 0. The van der Waals surface area contributed by atoms with Crippen LogP contribution in [0.4, 0.5) is 5.69 Å². The highest BCUT2D eigenvalue weighted by Crippen LogP contribution is 2.26. The van der Waals surface area contributed by atoms with E-state index in [1.807, 2.05) is 0 Å². The lowest BCUT2D eigenvalue weighted by Crippen LogP contribution is -2.29. The van der Waals surface area contributed by atoms with Gasteiger partial charge in [-0.3, -0.25) is 0 Å². The Morgan fingerprint density at radius 1 is 1.22 bits per heavy atom. The predicted octanol–water partition coefficient (Wildman–Crippen LogP) is 2.95. The molecular formula is C16H24N2. The summed E-state index contributed by atoms with van der Waals surface area (Å²) >= 11 is 0. The van der Waals surface area contributed by atoms with Crippen molar-refractivity contribution in [1.82, 2.24) is 4.90 Å². The summed E-state index contributed by atoms with van der Waals surface area (Å²) in [7, 11) is 4.24. The Morgan fingerprint density at radius 2 is 2.06 bits per heavy atom. The average Bonchev–Trinajstić information content (AvgIpc) is 2.38. The highest BCUT2D eigenvalue weighted by Gasteiger charge is 2.14. The third-order valence-electron chi connectivity index (χ3n) is 3.44. The van der Waals surface area contributed by atoms with Crippen molar-refractivity contribution in [2.24, 2.45) is 0 Å². The highest BCUT2D eigenvalue weighted by molar-refractivity contribution is 5.55. The molecule has 0 spiro atoms. The summed E-state index contributed by atoms with van der Waals surface area (Å²) in [6, 6.07) is 8.81. The number of rotatable bonds is 5. The number of nitrogens with zero attached hydrogens (tertiary/aromatic N) is 2. The minimum absolute atomic E-state index is 1.05. The Bertz CT molecular complexity index is 396. The highest BCUT2D eigenvalue weighted by atomic mass is 15.1. The first-order valence-corrected chi connectivity index (χ1v) is 6.90. The van der Waals surface area contributed by atoms with Crippen LogP contribution in [0.3, 0.4) is 0 Å². The Hall–Kier alpha value is -1.28. The van der Waals surface area contributed by atoms with Crippen molar-refractivity contribution in [3.05, 3.63) is 42.0 Å². The van der Waals surface area contributed by atoms with Crippen LogP contribution >= 0.6 is 0 Å². The van der Waals surface area contributed by atoms with Crippen LogP contribution < -0.4 is 4.90 Å². The Labute approximate surface area is 111 Å². The molecule has 18 heavy (non-hydrogen) atoms. The van der Waals surface area contributed by atoms with Gasteiger partial charge in [-0.1, -0.05) is 30.4 Å². The first kappa shape index (κ1) is 13.2. The maximum atomic E-state index is 2.49. The molecule has 0 saturated heterocycles. The van der Waals surface area contributed by atoms with Gasteiger partial charge in [0.05, 0.1) is 0 Å². The van der Waals surface area contributed by atoms with Crippen LogP contribution in [0.25, 0.3) is 0 Å². The SMILES string of the molecule is CN(C)CC/C=C/CN1CCCc2ccccc21. The summed E-state index contributed by atoms with van der Waals surface area (Å²) in [5, 5.41) is 0. The molecule has 1 aromatic rings. The van der Waals surface area contributed by atoms with Gasteiger partial charge in [-0.25, -0.2) is 0 Å². The van der Waals surface area contributed by atoms with Gasteiger partial charge >= 0.3 is 0 Å². The van der Waals surface area contributed by atoms with E-state index in [1.165, 1.54) is 30.6 Å². The largest absolute Gasteiger partial charge is 0.368 e. The van der Waals surface area contributed by atoms with Gasteiger partial charge in [-0.2, -0.15) is 0 Å². The van der Waals surface area contributed by atoms with E-state index in [0.29, 0.717) is 0 Å². The minimum Gasteiger partial charge on any atom is -0.368 e. The number of fused-ring (bicyclic) bond motifs is 1. The van der Waals surface area contributed by atoms with Crippen molar-refractivity contribution in [1.29, 1.82) is 0 Å². The van der Waals surface area contributed by atoms with Gasteiger partial charge in [0.2, 0.25) is 0 Å². The van der Waals surface area contributed by atoms with Crippen LogP contribution in [0.5, 0.6) is 0 Å². The van der Waals surface area contributed by atoms with Gasteiger partial charge in [0.1, 0.15) is 0 Å². The molecule has 0 amide bonds. The standard InChI is InChI=1S/C16H24N2/c1-17(2)12-6-3-7-13-18-14-8-10-15-9-4-5-11-16(15)18/h3-5,7,9,11H,6,8,10,12-14H2,1-2H3/b7-3+. The van der Waals surface area contributed by atoms with E-state index in [1.54, 1.807) is 0 Å². The fourth-order valence-electron chi connectivity index (χ4n) is 2.45. The fourth-order valence-corrected chi connectivity index (χ4v) is 2.45. The average molecular weight is 244 g/mol. The van der Waals surface area contributed by atoms with Gasteiger partial charge in [-0.15, -0.1) is 0 Å². The molecule has 0 fully saturated rings. The van der Waals surface area contributed by atoms with Crippen LogP contribution in [-0.2, 0) is 6.42 Å². The van der Waals surface area contributed by atoms with E-state index in [9.17, 15) is 0 Å². The Balaban J connectivity index is 1.87. The maximum absolute atomic E-state index is 2.49. The van der Waals surface area contributed by atoms with Gasteiger partial charge in [0.15, 0.2) is 0 Å². The summed E-state index contributed by atoms with van der Waals surface area (Å²) < 4.78 is 0. The lowest BCUT2D eigenvalue weighted by atomic mass is 10.0. The zero-order valence-corrected chi connectivity index (χ0v) is 11.6. The molecular weight excluding hydrogens is 220 g/mol. The number of para-hydroxylation sites is 1. The molecule has 2 heteroatoms. The van der Waals surface area contributed by atoms with Gasteiger partial charge < -0.3 is 9.80 Å². The monoisotopic (exact) mass is 244 g/mol. The van der Waals surface area contributed by atoms with Gasteiger partial charge in [0.25, 0.3) is 0 Å². The fraction of sp³-hybridized carbons (Fsp3) is 0.500. The van der Waals surface area contributed by atoms with Crippen LogP contribution in [0.2, 0.25) is 0 Å². The Morgan fingerprint density at radius 3 is 2.89 bits per heavy atom. The van der Waals surface area contributed by atoms with E-state index in [2.05, 4.69) is 60.3 Å². The second kappa shape index (κ2) is 6.60. The zero-order valence-electron chi connectivity index (χ0n) is 11.6. The molecule has 0 bridgehead atoms. The van der Waals surface area contributed by atoms with E-state index in [-0.39, 0.29) is 0 Å². The quantitative estimate of drug-likeness (QED) is 0.735. The van der Waals surface area contributed by atoms with Crippen LogP contribution in [0.1, 0.15) is 18.4 Å². The first-order valence-electron chi connectivity index (χ1n) is 6.90. The molecule has 0 aromatic heterocycles. The lowest BCUT2D eigenvalue weighted by Gasteiger charge is -2.30. The number of hydrogen-bond acceptors (Lipinski definition) is 2. The molecule has 1 aliphatic rings. The predicted molar refractivity (Wildman–Crippen MR) is 79.3 cm³/mol. The Kier molecular flexibility index (Phi) is 4.82. The van der Waals surface area contributed by atoms with Crippen molar-refractivity contribution in [3.63, 3.8) is 0 Å². The molecule has 0 unspecified atom stereocenters. The van der Waals surface area contributed by atoms with Crippen molar-refractivity contribution < 1.29 is 0 Å². The van der Waals surface area contributed by atoms with E-state index >= 15 is 0 Å². The molecule has 1 aliphatic heterocycles. The van der Waals surface area contributed by atoms with E-state index in [4.69, 9.17) is 0 Å². The zero-order chi connectivity index (χ0) is 12.8. The van der Waals surface area contributed by atoms with Crippen molar-refractivity contribution in [2.75, 3.05) is 38.6 Å². The number of benzene rings is 1. The molecule has 1 heterocycles. The van der Waals surface area contributed by atoms with Crippen molar-refractivity contribution in [2.45, 2.75) is 19.3 Å². The minimum atomic E-state index is 1.05. The van der Waals surface area contributed by atoms with E-state index < -0.39 is 0 Å². The molecule has 1 aromatic carbocycles. The number of aryl methyl sites for hydroxylation is 1. The van der Waals surface area contributed by atoms with Gasteiger partial charge in [-0.05, 0) is 45.0 Å². The van der Waals surface area contributed by atoms with Crippen molar-refractivity contribution >= 4 is 5.69 Å². The topological polar surface area (TPSA) is 6.48 Å². The molecule has 2 nitrogen and oxygen atoms in total. The number of anilines is 1. The molecule has 0 saturated carbocycles. The normalized spacial score (nSPS) is 15.4. The molecule has 0 N–H and O–H groups in total. The third-order valence-corrected chi connectivity index (χ3v) is 3.44. The van der Waals surface area contributed by atoms with Crippen LogP contribution in [0, 0.1) is 0 Å². The maximum Gasteiger partial charge on any atom is 0.0401 e. The summed E-state index contributed by atoms with van der Waals surface area (Å²) in [6.07, 6.45) is 8.27.